The summed E-state index contributed by atoms with van der Waals surface area (Å²) in [4.78, 5) is 3.87. The monoisotopic (exact) mass is 281 g/mol. The molecule has 0 saturated heterocycles. The van der Waals surface area contributed by atoms with Crippen LogP contribution in [0.4, 0.5) is 8.78 Å². The number of aromatic nitrogens is 2. The van der Waals surface area contributed by atoms with Gasteiger partial charge < -0.3 is 10.1 Å². The van der Waals surface area contributed by atoms with Gasteiger partial charge in [-0.05, 0) is 31.7 Å². The lowest BCUT2D eigenvalue weighted by molar-refractivity contribution is 0.0632. The van der Waals surface area contributed by atoms with Gasteiger partial charge in [-0.15, -0.1) is 0 Å². The molecule has 1 N–H and O–H groups in total. The van der Waals surface area contributed by atoms with E-state index in [-0.39, 0.29) is 18.5 Å². The van der Waals surface area contributed by atoms with Crippen molar-refractivity contribution >= 4 is 0 Å². The quantitative estimate of drug-likeness (QED) is 0.884. The number of alkyl halides is 2. The second kappa shape index (κ2) is 6.47. The molecule has 0 saturated carbocycles. The number of ether oxygens (including phenoxy) is 1. The van der Waals surface area contributed by atoms with Gasteiger partial charge in [0.25, 0.3) is 0 Å². The van der Waals surface area contributed by atoms with Crippen molar-refractivity contribution < 1.29 is 13.5 Å². The maximum absolute atomic E-state index is 12.7. The van der Waals surface area contributed by atoms with Crippen LogP contribution in [0, 0.1) is 0 Å². The first-order chi connectivity index (χ1) is 9.61. The Labute approximate surface area is 116 Å². The second-order valence-corrected chi connectivity index (χ2v) is 4.40. The van der Waals surface area contributed by atoms with Gasteiger partial charge in [-0.3, -0.25) is 4.57 Å². The zero-order valence-electron chi connectivity index (χ0n) is 11.4. The lowest BCUT2D eigenvalue weighted by atomic mass is 10.1. The Hall–Kier alpha value is -1.95. The number of hydrogen-bond donors (Lipinski definition) is 1. The van der Waals surface area contributed by atoms with Crippen molar-refractivity contribution in [1.82, 2.24) is 14.9 Å². The van der Waals surface area contributed by atoms with Crippen molar-refractivity contribution in [3.8, 4) is 5.75 Å². The summed E-state index contributed by atoms with van der Waals surface area (Å²) in [6.07, 6.45) is 2.58. The first-order valence-corrected chi connectivity index (χ1v) is 6.31. The molecular weight excluding hydrogens is 264 g/mol. The number of nitrogens with zero attached hydrogens (tertiary/aromatic N) is 2. The van der Waals surface area contributed by atoms with Gasteiger partial charge in [0, 0.05) is 18.4 Å². The number of nitrogens with one attached hydrogen (secondary N) is 1. The number of hydrogen-bond acceptors (Lipinski definition) is 3. The van der Waals surface area contributed by atoms with Crippen molar-refractivity contribution in [2.75, 3.05) is 7.05 Å². The Bertz CT molecular complexity index is 557. The molecule has 0 bridgehead atoms. The minimum Gasteiger partial charge on any atom is -0.486 e. The molecule has 6 heteroatoms. The molecule has 1 heterocycles. The van der Waals surface area contributed by atoms with E-state index in [0.717, 1.165) is 10.1 Å². The zero-order chi connectivity index (χ0) is 14.5. The van der Waals surface area contributed by atoms with Gasteiger partial charge in [0.15, 0.2) is 5.82 Å². The molecule has 4 nitrogen and oxygen atoms in total. The topological polar surface area (TPSA) is 39.1 Å². The molecule has 0 aliphatic rings. The van der Waals surface area contributed by atoms with Crippen LogP contribution < -0.4 is 10.1 Å². The molecule has 1 aromatic heterocycles. The number of halogens is 2. The van der Waals surface area contributed by atoms with Gasteiger partial charge in [-0.2, -0.15) is 8.78 Å². The number of benzene rings is 1. The lowest BCUT2D eigenvalue weighted by Crippen LogP contribution is -2.12. The molecule has 0 amide bonds. The van der Waals surface area contributed by atoms with Crippen LogP contribution in [0.3, 0.4) is 0 Å². The third-order valence-corrected chi connectivity index (χ3v) is 3.12. The molecule has 1 unspecified atom stereocenters. The largest absolute Gasteiger partial charge is 0.486 e. The summed E-state index contributed by atoms with van der Waals surface area (Å²) in [5.74, 6) is 0.834. The summed E-state index contributed by atoms with van der Waals surface area (Å²) in [6.45, 7) is -0.566. The minimum atomic E-state index is -2.60. The molecule has 0 spiro atoms. The summed E-state index contributed by atoms with van der Waals surface area (Å²) in [5.41, 5.74) is 1.07. The van der Waals surface area contributed by atoms with Crippen LogP contribution in [0.25, 0.3) is 0 Å². The SMILES string of the molecule is CNC(C)c1cccc(OCc2nccn2C(F)F)c1. The molecule has 0 aliphatic carbocycles. The summed E-state index contributed by atoms with van der Waals surface area (Å²) < 4.78 is 31.6. The first-order valence-electron chi connectivity index (χ1n) is 6.31. The Morgan fingerprint density at radius 1 is 1.40 bits per heavy atom. The van der Waals surface area contributed by atoms with Gasteiger partial charge >= 0.3 is 6.55 Å². The molecule has 20 heavy (non-hydrogen) atoms. The maximum Gasteiger partial charge on any atom is 0.320 e. The van der Waals surface area contributed by atoms with Crippen molar-refractivity contribution in [2.45, 2.75) is 26.1 Å². The second-order valence-electron chi connectivity index (χ2n) is 4.40. The minimum absolute atomic E-state index is 0.00866. The smallest absolute Gasteiger partial charge is 0.320 e. The molecule has 108 valence electrons. The van der Waals surface area contributed by atoms with Gasteiger partial charge in [0.05, 0.1) is 0 Å². The van der Waals surface area contributed by atoms with E-state index in [1.54, 1.807) is 6.07 Å². The van der Waals surface area contributed by atoms with Crippen LogP contribution in [-0.2, 0) is 6.61 Å². The average molecular weight is 281 g/mol. The summed E-state index contributed by atoms with van der Waals surface area (Å²) in [5, 5.41) is 3.13. The maximum atomic E-state index is 12.7. The fourth-order valence-electron chi connectivity index (χ4n) is 1.82. The van der Waals surface area contributed by atoms with E-state index < -0.39 is 6.55 Å². The van der Waals surface area contributed by atoms with E-state index in [1.807, 2.05) is 32.2 Å². The predicted octanol–water partition coefficient (Wildman–Crippen LogP) is 3.14. The standard InChI is InChI=1S/C14H17F2N3O/c1-10(17-2)11-4-3-5-12(8-11)20-9-13-18-6-7-19(13)14(15)16/h3-8,10,14,17H,9H2,1-2H3. The highest BCUT2D eigenvalue weighted by Gasteiger charge is 2.12. The van der Waals surface area contributed by atoms with Crippen molar-refractivity contribution in [2.24, 2.45) is 0 Å². The first kappa shape index (κ1) is 14.5. The lowest BCUT2D eigenvalue weighted by Gasteiger charge is -2.13. The van der Waals surface area contributed by atoms with Crippen LogP contribution >= 0.6 is 0 Å². The number of imidazole rings is 1. The van der Waals surface area contributed by atoms with E-state index >= 15 is 0 Å². The van der Waals surface area contributed by atoms with Crippen molar-refractivity contribution in [3.63, 3.8) is 0 Å². The highest BCUT2D eigenvalue weighted by molar-refractivity contribution is 5.30. The van der Waals surface area contributed by atoms with E-state index in [1.165, 1.54) is 12.4 Å². The Morgan fingerprint density at radius 2 is 2.20 bits per heavy atom. The van der Waals surface area contributed by atoms with E-state index in [0.29, 0.717) is 5.75 Å². The van der Waals surface area contributed by atoms with Crippen LogP contribution in [0.15, 0.2) is 36.7 Å². The molecule has 1 aromatic carbocycles. The van der Waals surface area contributed by atoms with Gasteiger partial charge in [0.2, 0.25) is 0 Å². The molecular formula is C14H17F2N3O. The zero-order valence-corrected chi connectivity index (χ0v) is 11.4. The molecule has 2 aromatic rings. The average Bonchev–Trinajstić information content (AvgIpc) is 2.93. The van der Waals surface area contributed by atoms with Crippen LogP contribution in [0.5, 0.6) is 5.75 Å². The van der Waals surface area contributed by atoms with Crippen LogP contribution in [0.1, 0.15) is 30.9 Å². The predicted molar refractivity (Wildman–Crippen MR) is 71.7 cm³/mol. The van der Waals surface area contributed by atoms with E-state index in [2.05, 4.69) is 10.3 Å². The molecule has 1 atom stereocenters. The summed E-state index contributed by atoms with van der Waals surface area (Å²) in [6, 6.07) is 7.73. The van der Waals surface area contributed by atoms with Crippen LogP contribution in [-0.4, -0.2) is 16.6 Å². The fourth-order valence-corrected chi connectivity index (χ4v) is 1.82. The molecule has 0 radical (unpaired) electrons. The van der Waals surface area contributed by atoms with Gasteiger partial charge in [0.1, 0.15) is 12.4 Å². The summed E-state index contributed by atoms with van der Waals surface area (Å²) in [7, 11) is 1.87. The molecule has 0 aliphatic heterocycles. The molecule has 0 fully saturated rings. The highest BCUT2D eigenvalue weighted by Crippen LogP contribution is 2.20. The van der Waals surface area contributed by atoms with E-state index in [4.69, 9.17) is 4.74 Å². The number of rotatable bonds is 6. The van der Waals surface area contributed by atoms with Crippen molar-refractivity contribution in [3.05, 3.63) is 48.0 Å². The normalized spacial score (nSPS) is 12.7. The van der Waals surface area contributed by atoms with E-state index in [9.17, 15) is 8.78 Å². The Kier molecular flexibility index (Phi) is 4.68. The fraction of sp³-hybridized carbons (Fsp3) is 0.357. The third kappa shape index (κ3) is 3.33. The summed E-state index contributed by atoms with van der Waals surface area (Å²) >= 11 is 0. The third-order valence-electron chi connectivity index (χ3n) is 3.12. The van der Waals surface area contributed by atoms with Crippen LogP contribution in [0.2, 0.25) is 0 Å². The van der Waals surface area contributed by atoms with Crippen molar-refractivity contribution in [1.29, 1.82) is 0 Å². The van der Waals surface area contributed by atoms with Gasteiger partial charge in [-0.1, -0.05) is 12.1 Å². The highest BCUT2D eigenvalue weighted by atomic mass is 19.3. The van der Waals surface area contributed by atoms with Gasteiger partial charge in [-0.25, -0.2) is 4.98 Å². The Balaban J connectivity index is 2.05. The molecule has 2 rings (SSSR count). The Morgan fingerprint density at radius 3 is 2.90 bits per heavy atom.